The first-order valence-corrected chi connectivity index (χ1v) is 15.1. The topological polar surface area (TPSA) is 9.86 Å². The number of hydrogen-bond donors (Lipinski definition) is 0. The molecule has 0 unspecified atom stereocenters. The molecule has 0 saturated carbocycles. The number of benzene rings is 7. The fourth-order valence-corrected chi connectivity index (χ4v) is 6.91. The second-order valence-corrected chi connectivity index (χ2v) is 11.4. The first-order valence-electron chi connectivity index (χ1n) is 15.1. The summed E-state index contributed by atoms with van der Waals surface area (Å²) in [5, 5.41) is 5.12. The van der Waals surface area contributed by atoms with E-state index < -0.39 is 0 Å². The molecular weight excluding hydrogens is 532 g/mol. The number of para-hydroxylation sites is 4. The van der Waals surface area contributed by atoms with Crippen molar-refractivity contribution in [3.05, 3.63) is 170 Å². The largest absolute Gasteiger partial charge is 0.309 e. The van der Waals surface area contributed by atoms with Gasteiger partial charge in [-0.25, -0.2) is 0 Å². The first-order chi connectivity index (χ1) is 21.8. The Labute approximate surface area is 255 Å². The molecule has 0 aliphatic rings. The summed E-state index contributed by atoms with van der Waals surface area (Å²) in [6.45, 7) is 0. The van der Waals surface area contributed by atoms with Gasteiger partial charge in [0.2, 0.25) is 0 Å². The number of nitrogens with zero attached hydrogens (tertiary/aromatic N) is 2. The lowest BCUT2D eigenvalue weighted by Crippen LogP contribution is -1.94. The molecule has 2 nitrogen and oxygen atoms in total. The van der Waals surface area contributed by atoms with Crippen LogP contribution in [-0.4, -0.2) is 9.13 Å². The summed E-state index contributed by atoms with van der Waals surface area (Å²) in [7, 11) is 0. The summed E-state index contributed by atoms with van der Waals surface area (Å²) in [5.41, 5.74) is 12.1. The predicted molar refractivity (Wildman–Crippen MR) is 186 cm³/mol. The lowest BCUT2D eigenvalue weighted by atomic mass is 9.98. The van der Waals surface area contributed by atoms with Crippen molar-refractivity contribution in [3.63, 3.8) is 0 Å². The Hall–Kier alpha value is -5.86. The lowest BCUT2D eigenvalue weighted by Gasteiger charge is -2.12. The summed E-state index contributed by atoms with van der Waals surface area (Å²) in [6.07, 6.45) is 0. The van der Waals surface area contributed by atoms with Gasteiger partial charge >= 0.3 is 0 Å². The molecule has 0 N–H and O–H groups in total. The van der Waals surface area contributed by atoms with Gasteiger partial charge in [0.25, 0.3) is 0 Å². The van der Waals surface area contributed by atoms with Crippen LogP contribution in [0.4, 0.5) is 0 Å². The maximum Gasteiger partial charge on any atom is 0.0541 e. The molecule has 0 fully saturated rings. The molecule has 0 amide bonds. The second kappa shape index (κ2) is 9.86. The van der Waals surface area contributed by atoms with Gasteiger partial charge in [0.1, 0.15) is 0 Å². The van der Waals surface area contributed by atoms with Crippen molar-refractivity contribution >= 4 is 43.6 Å². The van der Waals surface area contributed by atoms with Gasteiger partial charge in [-0.3, -0.25) is 0 Å². The summed E-state index contributed by atoms with van der Waals surface area (Å²) in [5.74, 6) is 0. The van der Waals surface area contributed by atoms with Crippen molar-refractivity contribution in [1.82, 2.24) is 9.13 Å². The van der Waals surface area contributed by atoms with E-state index in [0.717, 1.165) is 0 Å². The molecule has 9 rings (SSSR count). The minimum atomic E-state index is 1.17. The van der Waals surface area contributed by atoms with Crippen LogP contribution >= 0.6 is 0 Å². The van der Waals surface area contributed by atoms with Gasteiger partial charge in [0, 0.05) is 32.9 Å². The van der Waals surface area contributed by atoms with Crippen LogP contribution < -0.4 is 0 Å². The van der Waals surface area contributed by atoms with Gasteiger partial charge in [-0.15, -0.1) is 0 Å². The molecule has 206 valence electrons. The highest BCUT2D eigenvalue weighted by Gasteiger charge is 2.13. The Balaban J connectivity index is 1.11. The summed E-state index contributed by atoms with van der Waals surface area (Å²) in [6, 6.07) is 61.4. The molecule has 2 aromatic heterocycles. The van der Waals surface area contributed by atoms with E-state index in [1.165, 1.54) is 77.2 Å². The maximum absolute atomic E-state index is 2.38. The fraction of sp³-hybridized carbons (Fsp3) is 0. The summed E-state index contributed by atoms with van der Waals surface area (Å²) < 4.78 is 4.75. The highest BCUT2D eigenvalue weighted by Crippen LogP contribution is 2.35. The van der Waals surface area contributed by atoms with Crippen LogP contribution in [0.2, 0.25) is 0 Å². The molecule has 0 bridgehead atoms. The van der Waals surface area contributed by atoms with E-state index in [1.54, 1.807) is 0 Å². The molecule has 0 spiro atoms. The van der Waals surface area contributed by atoms with Crippen LogP contribution in [-0.2, 0) is 0 Å². The highest BCUT2D eigenvalue weighted by atomic mass is 15.0. The van der Waals surface area contributed by atoms with Gasteiger partial charge in [-0.1, -0.05) is 115 Å². The lowest BCUT2D eigenvalue weighted by molar-refractivity contribution is 1.18. The molecule has 9 aromatic rings. The Kier molecular flexibility index (Phi) is 5.54. The Bertz CT molecular complexity index is 2390. The average Bonchev–Trinajstić information content (AvgIpc) is 3.62. The third-order valence-corrected chi connectivity index (χ3v) is 8.92. The van der Waals surface area contributed by atoms with Crippen LogP contribution in [0.15, 0.2) is 170 Å². The molecule has 0 saturated heterocycles. The van der Waals surface area contributed by atoms with E-state index in [2.05, 4.69) is 179 Å². The van der Waals surface area contributed by atoms with E-state index in [0.29, 0.717) is 0 Å². The van der Waals surface area contributed by atoms with Gasteiger partial charge < -0.3 is 9.13 Å². The molecule has 2 heterocycles. The molecule has 0 atom stereocenters. The summed E-state index contributed by atoms with van der Waals surface area (Å²) >= 11 is 0. The van der Waals surface area contributed by atoms with Crippen molar-refractivity contribution in [2.45, 2.75) is 0 Å². The van der Waals surface area contributed by atoms with Crippen molar-refractivity contribution in [1.29, 1.82) is 0 Å². The van der Waals surface area contributed by atoms with E-state index in [1.807, 2.05) is 0 Å². The fourth-order valence-electron chi connectivity index (χ4n) is 6.91. The van der Waals surface area contributed by atoms with Crippen molar-refractivity contribution in [2.24, 2.45) is 0 Å². The van der Waals surface area contributed by atoms with Gasteiger partial charge in [-0.2, -0.15) is 0 Å². The van der Waals surface area contributed by atoms with E-state index >= 15 is 0 Å². The van der Waals surface area contributed by atoms with Crippen molar-refractivity contribution in [3.8, 4) is 33.6 Å². The molecule has 7 aromatic carbocycles. The zero-order valence-electron chi connectivity index (χ0n) is 24.1. The first kappa shape index (κ1) is 24.7. The zero-order valence-corrected chi connectivity index (χ0v) is 24.1. The average molecular weight is 561 g/mol. The third kappa shape index (κ3) is 3.82. The third-order valence-electron chi connectivity index (χ3n) is 8.92. The molecule has 0 aliphatic heterocycles. The van der Waals surface area contributed by atoms with E-state index in [9.17, 15) is 0 Å². The Morgan fingerprint density at radius 3 is 1.14 bits per heavy atom. The van der Waals surface area contributed by atoms with Crippen molar-refractivity contribution in [2.75, 3.05) is 0 Å². The van der Waals surface area contributed by atoms with Gasteiger partial charge in [0.15, 0.2) is 0 Å². The van der Waals surface area contributed by atoms with E-state index in [4.69, 9.17) is 0 Å². The smallest absolute Gasteiger partial charge is 0.0541 e. The maximum atomic E-state index is 2.38. The van der Waals surface area contributed by atoms with Gasteiger partial charge in [0.05, 0.1) is 22.1 Å². The van der Waals surface area contributed by atoms with Crippen molar-refractivity contribution < 1.29 is 0 Å². The number of fused-ring (bicyclic) bond motifs is 6. The Morgan fingerprint density at radius 1 is 0.250 bits per heavy atom. The normalized spacial score (nSPS) is 11.6. The zero-order chi connectivity index (χ0) is 29.0. The number of hydrogen-bond acceptors (Lipinski definition) is 0. The second-order valence-electron chi connectivity index (χ2n) is 11.4. The summed E-state index contributed by atoms with van der Waals surface area (Å²) in [4.78, 5) is 0. The minimum absolute atomic E-state index is 1.17. The molecular formula is C42H28N2. The highest BCUT2D eigenvalue weighted by molar-refractivity contribution is 6.10. The van der Waals surface area contributed by atoms with Crippen LogP contribution in [0.25, 0.3) is 77.2 Å². The number of aromatic nitrogens is 2. The van der Waals surface area contributed by atoms with Crippen LogP contribution in [0.1, 0.15) is 0 Å². The standard InChI is InChI=1S/C42H28N2/c1-5-19-39-35(15-1)36-16-2-6-20-40(36)43(39)33-25-23-29(24-26-33)30-11-9-12-31(27-30)32-13-10-14-34(28-32)44-41-21-7-3-17-37(41)38-18-4-8-22-42(38)44/h1-28H. The number of rotatable bonds is 4. The molecule has 0 radical (unpaired) electrons. The molecule has 0 aliphatic carbocycles. The molecule has 44 heavy (non-hydrogen) atoms. The SMILES string of the molecule is c1cc(-c2ccc(-n3c4ccccc4c4ccccc43)cc2)cc(-c2cccc(-n3c4ccccc4c4ccccc43)c2)c1. The van der Waals surface area contributed by atoms with Gasteiger partial charge in [-0.05, 0) is 76.9 Å². The molecule has 2 heteroatoms. The quantitative estimate of drug-likeness (QED) is 0.203. The monoisotopic (exact) mass is 560 g/mol. The minimum Gasteiger partial charge on any atom is -0.309 e. The van der Waals surface area contributed by atoms with Crippen LogP contribution in [0.5, 0.6) is 0 Å². The predicted octanol–water partition coefficient (Wildman–Crippen LogP) is 11.2. The Morgan fingerprint density at radius 2 is 0.636 bits per heavy atom. The van der Waals surface area contributed by atoms with Crippen LogP contribution in [0.3, 0.4) is 0 Å². The van der Waals surface area contributed by atoms with Crippen LogP contribution in [0, 0.1) is 0 Å². The van der Waals surface area contributed by atoms with E-state index in [-0.39, 0.29) is 0 Å².